The van der Waals surface area contributed by atoms with Crippen molar-refractivity contribution in [3.05, 3.63) is 132 Å². The first-order chi connectivity index (χ1) is 21.5. The first kappa shape index (κ1) is 32.2. The number of primary sulfonamides is 1. The third kappa shape index (κ3) is 8.08. The number of alkyl halides is 3. The Morgan fingerprint density at radius 2 is 1.40 bits per heavy atom. The average Bonchev–Trinajstić information content (AvgIpc) is 3.38. The van der Waals surface area contributed by atoms with Crippen molar-refractivity contribution in [1.29, 1.82) is 0 Å². The summed E-state index contributed by atoms with van der Waals surface area (Å²) in [5.41, 5.74) is 4.26. The molecule has 0 atom stereocenters. The number of unbranched alkanes of at least 4 members (excludes halogenated alkanes) is 1. The molecule has 234 valence electrons. The van der Waals surface area contributed by atoms with Gasteiger partial charge in [0.15, 0.2) is 0 Å². The lowest BCUT2D eigenvalue weighted by molar-refractivity contribution is -0.137. The van der Waals surface area contributed by atoms with Crippen molar-refractivity contribution in [3.8, 4) is 22.6 Å². The number of rotatable bonds is 12. The van der Waals surface area contributed by atoms with Gasteiger partial charge in [0, 0.05) is 37.3 Å². The van der Waals surface area contributed by atoms with Crippen LogP contribution in [0.25, 0.3) is 22.6 Å². The summed E-state index contributed by atoms with van der Waals surface area (Å²) < 4.78 is 66.8. The highest BCUT2D eigenvalue weighted by atomic mass is 32.2. The van der Waals surface area contributed by atoms with Crippen molar-refractivity contribution in [2.75, 3.05) is 0 Å². The third-order valence-corrected chi connectivity index (χ3v) is 8.51. The van der Waals surface area contributed by atoms with Crippen molar-refractivity contribution in [2.45, 2.75) is 57.0 Å². The molecular formula is C35H35F3N4O2S. The van der Waals surface area contributed by atoms with Gasteiger partial charge in [-0.05, 0) is 35.7 Å². The van der Waals surface area contributed by atoms with E-state index in [0.29, 0.717) is 18.7 Å². The number of nitrogens with two attached hydrogens (primary N) is 1. The summed E-state index contributed by atoms with van der Waals surface area (Å²) in [5, 5.41) is 5.30. The zero-order chi connectivity index (χ0) is 32.0. The van der Waals surface area contributed by atoms with E-state index in [1.807, 2.05) is 60.7 Å². The summed E-state index contributed by atoms with van der Waals surface area (Å²) in [4.78, 5) is 7.21. The highest BCUT2D eigenvalue weighted by Gasteiger charge is 2.30. The van der Waals surface area contributed by atoms with Crippen LogP contribution in [-0.4, -0.2) is 22.9 Å². The summed E-state index contributed by atoms with van der Waals surface area (Å²) >= 11 is 0. The molecule has 1 heterocycles. The smallest absolute Gasteiger partial charge is 0.326 e. The van der Waals surface area contributed by atoms with Crippen LogP contribution in [0.1, 0.15) is 42.1 Å². The summed E-state index contributed by atoms with van der Waals surface area (Å²) in [6, 6.07) is 31.4. The normalized spacial score (nSPS) is 12.1. The molecule has 2 N–H and O–H groups in total. The first-order valence-corrected chi connectivity index (χ1v) is 16.3. The van der Waals surface area contributed by atoms with Crippen molar-refractivity contribution in [3.63, 3.8) is 0 Å². The molecule has 0 amide bonds. The summed E-state index contributed by atoms with van der Waals surface area (Å²) in [6.45, 7) is 3.78. The topological polar surface area (TPSA) is 81.2 Å². The average molecular weight is 633 g/mol. The number of aromatic nitrogens is 2. The van der Waals surface area contributed by atoms with E-state index >= 15 is 0 Å². The maximum absolute atomic E-state index is 13.6. The van der Waals surface area contributed by atoms with E-state index < -0.39 is 21.8 Å². The minimum Gasteiger partial charge on any atom is -0.326 e. The van der Waals surface area contributed by atoms with E-state index in [1.165, 1.54) is 24.3 Å². The molecule has 0 saturated carbocycles. The Morgan fingerprint density at radius 3 is 2.00 bits per heavy atom. The van der Waals surface area contributed by atoms with Crippen LogP contribution < -0.4 is 5.14 Å². The van der Waals surface area contributed by atoms with E-state index in [0.717, 1.165) is 59.4 Å². The van der Waals surface area contributed by atoms with Crippen molar-refractivity contribution < 1.29 is 21.6 Å². The Morgan fingerprint density at radius 1 is 0.778 bits per heavy atom. The number of hydrogen-bond acceptors (Lipinski definition) is 4. The van der Waals surface area contributed by atoms with E-state index in [-0.39, 0.29) is 11.4 Å². The van der Waals surface area contributed by atoms with Crippen LogP contribution in [0.2, 0.25) is 0 Å². The molecule has 0 bridgehead atoms. The van der Waals surface area contributed by atoms with Gasteiger partial charge in [0.25, 0.3) is 0 Å². The van der Waals surface area contributed by atoms with E-state index in [2.05, 4.69) is 16.4 Å². The van der Waals surface area contributed by atoms with Gasteiger partial charge < -0.3 is 4.57 Å². The summed E-state index contributed by atoms with van der Waals surface area (Å²) in [5.74, 6) is 0.828. The Balaban J connectivity index is 1.61. The van der Waals surface area contributed by atoms with Gasteiger partial charge in [-0.25, -0.2) is 18.5 Å². The lowest BCUT2D eigenvalue weighted by Crippen LogP contribution is -2.25. The van der Waals surface area contributed by atoms with Crippen LogP contribution in [0.3, 0.4) is 0 Å². The van der Waals surface area contributed by atoms with Crippen LogP contribution in [0.4, 0.5) is 13.2 Å². The van der Waals surface area contributed by atoms with Crippen molar-refractivity contribution in [1.82, 2.24) is 14.5 Å². The molecular weight excluding hydrogens is 597 g/mol. The molecule has 5 aromatic rings. The molecule has 0 spiro atoms. The molecule has 6 nitrogen and oxygen atoms in total. The van der Waals surface area contributed by atoms with Crippen LogP contribution in [0.15, 0.2) is 114 Å². The number of sulfonamides is 1. The second-order valence-electron chi connectivity index (χ2n) is 11.0. The largest absolute Gasteiger partial charge is 0.416 e. The van der Waals surface area contributed by atoms with Crippen LogP contribution in [0.5, 0.6) is 0 Å². The van der Waals surface area contributed by atoms with Crippen molar-refractivity contribution in [2.24, 2.45) is 5.14 Å². The van der Waals surface area contributed by atoms with Crippen LogP contribution in [0, 0.1) is 0 Å². The molecule has 0 aliphatic heterocycles. The van der Waals surface area contributed by atoms with Crippen molar-refractivity contribution >= 4 is 10.0 Å². The molecule has 45 heavy (non-hydrogen) atoms. The lowest BCUT2D eigenvalue weighted by atomic mass is 10.1. The molecule has 0 saturated heterocycles. The standard InChI is InChI=1S/C35H35F3N4O2S/c1-2-3-21-42-32(33(28-12-6-4-7-13-28)40-34(42)29-14-8-5-9-15-29)25-41(23-26-17-19-31(20-18-26)45(39,43)44)24-27-11-10-16-30(22-27)35(36,37)38/h4-20,22H,2-3,21,23-25H2,1H3,(H2,39,43,44). The number of imidazole rings is 1. The Labute approximate surface area is 262 Å². The molecule has 1 aromatic heterocycles. The van der Waals surface area contributed by atoms with Crippen LogP contribution >= 0.6 is 0 Å². The van der Waals surface area contributed by atoms with Gasteiger partial charge in [-0.1, -0.05) is 104 Å². The zero-order valence-corrected chi connectivity index (χ0v) is 25.7. The molecule has 0 unspecified atom stereocenters. The van der Waals surface area contributed by atoms with Crippen LogP contribution in [-0.2, 0) is 42.4 Å². The minimum atomic E-state index is -4.46. The highest BCUT2D eigenvalue weighted by molar-refractivity contribution is 7.89. The van der Waals surface area contributed by atoms with E-state index in [1.54, 1.807) is 18.2 Å². The monoisotopic (exact) mass is 632 g/mol. The Bertz CT molecular complexity index is 1820. The SMILES string of the molecule is CCCCn1c(-c2ccccc2)nc(-c2ccccc2)c1CN(Cc1ccc(S(N)(=O)=O)cc1)Cc1cccc(C(F)(F)F)c1. The zero-order valence-electron chi connectivity index (χ0n) is 24.9. The Hall–Kier alpha value is -4.25. The van der Waals surface area contributed by atoms with Gasteiger partial charge in [0.2, 0.25) is 10.0 Å². The van der Waals surface area contributed by atoms with Gasteiger partial charge in [-0.15, -0.1) is 0 Å². The molecule has 0 aliphatic carbocycles. The maximum atomic E-state index is 13.6. The van der Waals surface area contributed by atoms with E-state index in [9.17, 15) is 21.6 Å². The molecule has 0 aliphatic rings. The third-order valence-electron chi connectivity index (χ3n) is 7.58. The van der Waals surface area contributed by atoms with Gasteiger partial charge in [-0.2, -0.15) is 13.2 Å². The fourth-order valence-corrected chi connectivity index (χ4v) is 5.88. The predicted octanol–water partition coefficient (Wildman–Crippen LogP) is 7.89. The quantitative estimate of drug-likeness (QED) is 0.152. The number of halogens is 3. The second kappa shape index (κ2) is 13.8. The van der Waals surface area contributed by atoms with Gasteiger partial charge >= 0.3 is 6.18 Å². The van der Waals surface area contributed by atoms with E-state index in [4.69, 9.17) is 10.1 Å². The Kier molecular flexibility index (Phi) is 9.86. The molecule has 5 rings (SSSR count). The fourth-order valence-electron chi connectivity index (χ4n) is 5.37. The molecule has 0 radical (unpaired) electrons. The lowest BCUT2D eigenvalue weighted by Gasteiger charge is -2.25. The molecule has 0 fully saturated rings. The van der Waals surface area contributed by atoms with Gasteiger partial charge in [-0.3, -0.25) is 4.90 Å². The van der Waals surface area contributed by atoms with Gasteiger partial charge in [0.1, 0.15) is 5.82 Å². The second-order valence-corrected chi connectivity index (χ2v) is 12.6. The first-order valence-electron chi connectivity index (χ1n) is 14.7. The van der Waals surface area contributed by atoms with Gasteiger partial charge in [0.05, 0.1) is 21.8 Å². The number of benzene rings is 4. The maximum Gasteiger partial charge on any atom is 0.416 e. The highest BCUT2D eigenvalue weighted by Crippen LogP contribution is 2.33. The fraction of sp³-hybridized carbons (Fsp3) is 0.229. The number of nitrogens with zero attached hydrogens (tertiary/aromatic N) is 3. The molecule has 10 heteroatoms. The summed E-state index contributed by atoms with van der Waals surface area (Å²) in [6.07, 6.45) is -2.58. The minimum absolute atomic E-state index is 0.00723. The summed E-state index contributed by atoms with van der Waals surface area (Å²) in [7, 11) is -3.87. The predicted molar refractivity (Wildman–Crippen MR) is 170 cm³/mol. The molecule has 4 aromatic carbocycles. The number of hydrogen-bond donors (Lipinski definition) is 1.